The third-order valence-corrected chi connectivity index (χ3v) is 4.99. The maximum atomic E-state index is 14.0. The second kappa shape index (κ2) is 8.43. The molecule has 29 heavy (non-hydrogen) atoms. The summed E-state index contributed by atoms with van der Waals surface area (Å²) in [4.78, 5) is 38.4. The van der Waals surface area contributed by atoms with Crippen molar-refractivity contribution in [2.45, 2.75) is 33.3 Å². The molecule has 0 spiro atoms. The first kappa shape index (κ1) is 20.5. The number of halogens is 1. The molecule has 0 radical (unpaired) electrons. The monoisotopic (exact) mass is 398 g/mol. The molecule has 0 saturated carbocycles. The number of aryl methyl sites for hydroxylation is 2. The van der Waals surface area contributed by atoms with E-state index in [0.29, 0.717) is 5.69 Å². The second-order valence-corrected chi connectivity index (χ2v) is 7.19. The van der Waals surface area contributed by atoms with Gasteiger partial charge in [-0.25, -0.2) is 4.39 Å². The molecule has 1 N–H and O–H groups in total. The Kier molecular flexibility index (Phi) is 5.96. The molecule has 1 aliphatic rings. The third-order valence-electron chi connectivity index (χ3n) is 4.99. The molecule has 0 bridgehead atoms. The van der Waals surface area contributed by atoms with Crippen molar-refractivity contribution in [3.63, 3.8) is 0 Å². The van der Waals surface area contributed by atoms with Gasteiger partial charge in [-0.3, -0.25) is 14.4 Å². The van der Waals surface area contributed by atoms with E-state index in [-0.39, 0.29) is 24.6 Å². The average Bonchev–Trinajstić information content (AvgIpc) is 3.06. The van der Waals surface area contributed by atoms with Crippen molar-refractivity contribution in [3.8, 4) is 0 Å². The van der Waals surface area contributed by atoms with Crippen molar-refractivity contribution in [1.82, 2.24) is 0 Å². The summed E-state index contributed by atoms with van der Waals surface area (Å²) in [5, 5.41) is 2.78. The van der Waals surface area contributed by atoms with Crippen LogP contribution < -0.4 is 10.2 Å². The Bertz CT molecular complexity index is 939. The van der Waals surface area contributed by atoms with Crippen LogP contribution in [0.3, 0.4) is 0 Å². The van der Waals surface area contributed by atoms with Gasteiger partial charge in [0.15, 0.2) is 6.10 Å². The summed E-state index contributed by atoms with van der Waals surface area (Å²) >= 11 is 0. The Morgan fingerprint density at radius 1 is 1.14 bits per heavy atom. The maximum Gasteiger partial charge on any atom is 0.312 e. The number of anilines is 2. The Morgan fingerprint density at radius 3 is 2.45 bits per heavy atom. The van der Waals surface area contributed by atoms with Crippen LogP contribution in [0, 0.1) is 25.6 Å². The van der Waals surface area contributed by atoms with E-state index in [1.165, 1.54) is 30.0 Å². The number of amides is 2. The van der Waals surface area contributed by atoms with Crippen LogP contribution >= 0.6 is 0 Å². The number of para-hydroxylation sites is 2. The first-order valence-corrected chi connectivity index (χ1v) is 9.40. The minimum absolute atomic E-state index is 0.0177. The van der Waals surface area contributed by atoms with Crippen molar-refractivity contribution in [1.29, 1.82) is 0 Å². The Morgan fingerprint density at radius 2 is 1.79 bits per heavy atom. The summed E-state index contributed by atoms with van der Waals surface area (Å²) in [7, 11) is 0. The highest BCUT2D eigenvalue weighted by molar-refractivity contribution is 6.00. The molecular formula is C22H23FN2O4. The van der Waals surface area contributed by atoms with Crippen LogP contribution in [0.5, 0.6) is 0 Å². The van der Waals surface area contributed by atoms with Crippen molar-refractivity contribution >= 4 is 29.2 Å². The van der Waals surface area contributed by atoms with Crippen LogP contribution in [0.15, 0.2) is 42.5 Å². The highest BCUT2D eigenvalue weighted by Crippen LogP contribution is 2.28. The molecule has 7 heteroatoms. The second-order valence-electron chi connectivity index (χ2n) is 7.19. The maximum absolute atomic E-state index is 14.0. The zero-order valence-corrected chi connectivity index (χ0v) is 16.6. The van der Waals surface area contributed by atoms with Crippen LogP contribution in [0.4, 0.5) is 15.8 Å². The lowest BCUT2D eigenvalue weighted by Crippen LogP contribution is -2.33. The van der Waals surface area contributed by atoms with E-state index in [0.717, 1.165) is 11.1 Å². The molecule has 1 fully saturated rings. The van der Waals surface area contributed by atoms with Gasteiger partial charge in [0.05, 0.1) is 11.6 Å². The van der Waals surface area contributed by atoms with Crippen molar-refractivity contribution in [2.24, 2.45) is 5.92 Å². The summed E-state index contributed by atoms with van der Waals surface area (Å²) < 4.78 is 19.3. The fraction of sp³-hybridized carbons (Fsp3) is 0.318. The lowest BCUT2D eigenvalue weighted by atomic mass is 10.1. The van der Waals surface area contributed by atoms with Crippen LogP contribution in [0.2, 0.25) is 0 Å². The predicted octanol–water partition coefficient (Wildman–Crippen LogP) is 3.37. The van der Waals surface area contributed by atoms with Gasteiger partial charge in [0.2, 0.25) is 5.91 Å². The van der Waals surface area contributed by atoms with E-state index >= 15 is 0 Å². The summed E-state index contributed by atoms with van der Waals surface area (Å²) in [5.74, 6) is -2.74. The summed E-state index contributed by atoms with van der Waals surface area (Å²) in [6.45, 7) is 5.25. The van der Waals surface area contributed by atoms with Gasteiger partial charge in [-0.05, 0) is 44.0 Å². The molecule has 2 atom stereocenters. The fourth-order valence-electron chi connectivity index (χ4n) is 3.33. The highest BCUT2D eigenvalue weighted by atomic mass is 19.1. The third kappa shape index (κ3) is 4.45. The fourth-order valence-corrected chi connectivity index (χ4v) is 3.33. The van der Waals surface area contributed by atoms with Crippen molar-refractivity contribution in [2.75, 3.05) is 16.8 Å². The number of hydrogen-bond donors (Lipinski definition) is 1. The van der Waals surface area contributed by atoms with E-state index in [2.05, 4.69) is 5.32 Å². The van der Waals surface area contributed by atoms with Gasteiger partial charge in [-0.15, -0.1) is 0 Å². The molecule has 2 aromatic carbocycles. The van der Waals surface area contributed by atoms with E-state index in [4.69, 9.17) is 4.74 Å². The number of rotatable bonds is 5. The Hall–Kier alpha value is -3.22. The molecule has 152 valence electrons. The van der Waals surface area contributed by atoms with Gasteiger partial charge < -0.3 is 15.0 Å². The normalized spacial score (nSPS) is 17.2. The van der Waals surface area contributed by atoms with E-state index in [1.54, 1.807) is 6.07 Å². The molecule has 2 amide bonds. The molecule has 1 heterocycles. The van der Waals surface area contributed by atoms with Gasteiger partial charge in [0.25, 0.3) is 5.91 Å². The van der Waals surface area contributed by atoms with E-state index in [9.17, 15) is 18.8 Å². The van der Waals surface area contributed by atoms with Crippen molar-refractivity contribution < 1.29 is 23.5 Å². The van der Waals surface area contributed by atoms with E-state index < -0.39 is 29.7 Å². The molecule has 6 nitrogen and oxygen atoms in total. The first-order chi connectivity index (χ1) is 13.8. The van der Waals surface area contributed by atoms with Crippen molar-refractivity contribution in [3.05, 3.63) is 59.4 Å². The average molecular weight is 398 g/mol. The SMILES string of the molecule is Cc1cccc(C)c1NC(=O)[C@H](C)OC(=O)[C@H]1CC(=O)N(c2ccccc2F)C1. The predicted molar refractivity (Wildman–Crippen MR) is 107 cm³/mol. The smallest absolute Gasteiger partial charge is 0.312 e. The largest absolute Gasteiger partial charge is 0.452 e. The summed E-state index contributed by atoms with van der Waals surface area (Å²) in [6.07, 6.45) is -1.11. The number of esters is 1. The van der Waals surface area contributed by atoms with Crippen LogP contribution in [-0.2, 0) is 19.1 Å². The standard InChI is InChI=1S/C22H23FN2O4/c1-13-7-6-8-14(2)20(13)24-21(27)15(3)29-22(28)16-11-19(26)25(12-16)18-10-5-4-9-17(18)23/h4-10,15-16H,11-12H2,1-3H3,(H,24,27)/t15-,16-/m0/s1. The lowest BCUT2D eigenvalue weighted by Gasteiger charge is -2.19. The molecule has 3 rings (SSSR count). The highest BCUT2D eigenvalue weighted by Gasteiger charge is 2.38. The number of ether oxygens (including phenoxy) is 1. The zero-order chi connectivity index (χ0) is 21.1. The quantitative estimate of drug-likeness (QED) is 0.784. The summed E-state index contributed by atoms with van der Waals surface area (Å²) in [6, 6.07) is 11.5. The van der Waals surface area contributed by atoms with Gasteiger partial charge in [0.1, 0.15) is 5.82 Å². The number of hydrogen-bond acceptors (Lipinski definition) is 4. The topological polar surface area (TPSA) is 75.7 Å². The molecule has 1 aliphatic heterocycles. The summed E-state index contributed by atoms with van der Waals surface area (Å²) in [5.41, 5.74) is 2.62. The first-order valence-electron chi connectivity index (χ1n) is 9.40. The van der Waals surface area contributed by atoms with Gasteiger partial charge in [-0.1, -0.05) is 30.3 Å². The van der Waals surface area contributed by atoms with Gasteiger partial charge in [0, 0.05) is 18.7 Å². The van der Waals surface area contributed by atoms with Gasteiger partial charge >= 0.3 is 5.97 Å². The lowest BCUT2D eigenvalue weighted by molar-refractivity contribution is -0.157. The van der Waals surface area contributed by atoms with E-state index in [1.807, 2.05) is 32.0 Å². The van der Waals surface area contributed by atoms with Crippen LogP contribution in [-0.4, -0.2) is 30.4 Å². The number of nitrogens with one attached hydrogen (secondary N) is 1. The zero-order valence-electron chi connectivity index (χ0n) is 16.6. The van der Waals surface area contributed by atoms with Crippen LogP contribution in [0.1, 0.15) is 24.5 Å². The van der Waals surface area contributed by atoms with Gasteiger partial charge in [-0.2, -0.15) is 0 Å². The minimum Gasteiger partial charge on any atom is -0.452 e. The number of nitrogens with zero attached hydrogens (tertiary/aromatic N) is 1. The molecule has 0 aliphatic carbocycles. The molecule has 0 unspecified atom stereocenters. The Balaban J connectivity index is 1.62. The number of carbonyl (C=O) groups is 3. The minimum atomic E-state index is -1.03. The molecule has 2 aromatic rings. The molecular weight excluding hydrogens is 375 g/mol. The Labute approximate surface area is 168 Å². The molecule has 0 aromatic heterocycles. The molecule has 1 saturated heterocycles. The number of benzene rings is 2. The van der Waals surface area contributed by atoms with Crippen LogP contribution in [0.25, 0.3) is 0 Å². The number of carbonyl (C=O) groups excluding carboxylic acids is 3.